The summed E-state index contributed by atoms with van der Waals surface area (Å²) in [6.07, 6.45) is -0.441. The van der Waals surface area contributed by atoms with Crippen molar-refractivity contribution in [3.8, 4) is 0 Å². The van der Waals surface area contributed by atoms with Gasteiger partial charge in [0.15, 0.2) is 0 Å². The van der Waals surface area contributed by atoms with Crippen LogP contribution in [-0.4, -0.2) is 24.4 Å². The van der Waals surface area contributed by atoms with Crippen molar-refractivity contribution >= 4 is 11.6 Å². The molecule has 1 unspecified atom stereocenters. The molecule has 0 aromatic heterocycles. The highest BCUT2D eigenvalue weighted by atomic mass is 19.3. The summed E-state index contributed by atoms with van der Waals surface area (Å²) in [6, 6.07) is 4.80. The van der Waals surface area contributed by atoms with E-state index in [-0.39, 0.29) is 0 Å². The molecule has 1 saturated heterocycles. The van der Waals surface area contributed by atoms with Gasteiger partial charge in [-0.25, -0.2) is 8.78 Å². The number of rotatable bonds is 2. The number of hydrogen-bond acceptors (Lipinski definition) is 2. The predicted molar refractivity (Wildman–Crippen MR) is 65.9 cm³/mol. The number of carbonyl (C=O) groups is 1. The second kappa shape index (κ2) is 4.65. The van der Waals surface area contributed by atoms with E-state index in [0.29, 0.717) is 5.69 Å². The van der Waals surface area contributed by atoms with Crippen LogP contribution in [0.3, 0.4) is 0 Å². The molecule has 18 heavy (non-hydrogen) atoms. The van der Waals surface area contributed by atoms with Gasteiger partial charge in [0.1, 0.15) is 0 Å². The van der Waals surface area contributed by atoms with E-state index in [2.05, 4.69) is 10.6 Å². The van der Waals surface area contributed by atoms with Gasteiger partial charge in [-0.05, 0) is 37.1 Å². The SMILES string of the molecule is Cc1cc(C)cc(NC(=O)C2CC(F)(F)CN2)c1. The van der Waals surface area contributed by atoms with E-state index in [1.165, 1.54) is 0 Å². The zero-order chi connectivity index (χ0) is 13.3. The number of halogens is 2. The van der Waals surface area contributed by atoms with E-state index in [0.717, 1.165) is 11.1 Å². The summed E-state index contributed by atoms with van der Waals surface area (Å²) in [4.78, 5) is 11.8. The summed E-state index contributed by atoms with van der Waals surface area (Å²) >= 11 is 0. The lowest BCUT2D eigenvalue weighted by Crippen LogP contribution is -2.35. The van der Waals surface area contributed by atoms with E-state index in [1.807, 2.05) is 32.0 Å². The summed E-state index contributed by atoms with van der Waals surface area (Å²) in [7, 11) is 0. The van der Waals surface area contributed by atoms with Gasteiger partial charge >= 0.3 is 0 Å². The fourth-order valence-corrected chi connectivity index (χ4v) is 2.18. The van der Waals surface area contributed by atoms with Crippen molar-refractivity contribution in [1.29, 1.82) is 0 Å². The first-order valence-electron chi connectivity index (χ1n) is 5.86. The molecule has 0 saturated carbocycles. The quantitative estimate of drug-likeness (QED) is 0.849. The monoisotopic (exact) mass is 254 g/mol. The van der Waals surface area contributed by atoms with E-state index >= 15 is 0 Å². The molecule has 1 amide bonds. The van der Waals surface area contributed by atoms with Gasteiger partial charge < -0.3 is 5.32 Å². The Kier molecular flexibility index (Phi) is 3.34. The standard InChI is InChI=1S/C13H16F2N2O/c1-8-3-9(2)5-10(4-8)17-12(18)11-6-13(14,15)7-16-11/h3-5,11,16H,6-7H2,1-2H3,(H,17,18). The van der Waals surface area contributed by atoms with Gasteiger partial charge in [0.05, 0.1) is 12.6 Å². The molecule has 1 aromatic rings. The first-order valence-corrected chi connectivity index (χ1v) is 5.86. The molecule has 3 nitrogen and oxygen atoms in total. The third-order valence-electron chi connectivity index (χ3n) is 2.92. The fraction of sp³-hybridized carbons (Fsp3) is 0.462. The summed E-state index contributed by atoms with van der Waals surface area (Å²) in [5.74, 6) is -3.19. The first-order chi connectivity index (χ1) is 8.35. The molecule has 1 aliphatic heterocycles. The van der Waals surface area contributed by atoms with Crippen LogP contribution in [0, 0.1) is 13.8 Å². The first kappa shape index (κ1) is 13.0. The summed E-state index contributed by atoms with van der Waals surface area (Å²) in [6.45, 7) is 3.41. The number of hydrogen-bond donors (Lipinski definition) is 2. The maximum absolute atomic E-state index is 13.0. The number of nitrogens with one attached hydrogen (secondary N) is 2. The lowest BCUT2D eigenvalue weighted by molar-refractivity contribution is -0.118. The van der Waals surface area contributed by atoms with Gasteiger partial charge in [-0.1, -0.05) is 6.07 Å². The maximum Gasteiger partial charge on any atom is 0.262 e. The molecule has 0 spiro atoms. The minimum absolute atomic E-state index is 0.405. The largest absolute Gasteiger partial charge is 0.325 e. The number of benzene rings is 1. The fourth-order valence-electron chi connectivity index (χ4n) is 2.18. The lowest BCUT2D eigenvalue weighted by atomic mass is 10.1. The smallest absolute Gasteiger partial charge is 0.262 e. The van der Waals surface area contributed by atoms with Crippen molar-refractivity contribution < 1.29 is 13.6 Å². The predicted octanol–water partition coefficient (Wildman–Crippen LogP) is 2.24. The molecule has 1 fully saturated rings. The topological polar surface area (TPSA) is 41.1 Å². The molecule has 98 valence electrons. The molecule has 0 aliphatic carbocycles. The Morgan fingerprint density at radius 2 is 1.94 bits per heavy atom. The Hall–Kier alpha value is -1.49. The third kappa shape index (κ3) is 3.04. The third-order valence-corrected chi connectivity index (χ3v) is 2.92. The normalized spacial score (nSPS) is 21.9. The highest BCUT2D eigenvalue weighted by Crippen LogP contribution is 2.26. The van der Waals surface area contributed by atoms with Crippen LogP contribution >= 0.6 is 0 Å². The summed E-state index contributed by atoms with van der Waals surface area (Å²) in [5.41, 5.74) is 2.69. The number of alkyl halides is 2. The van der Waals surface area contributed by atoms with Crippen LogP contribution in [0.15, 0.2) is 18.2 Å². The molecular formula is C13H16F2N2O. The molecule has 1 aliphatic rings. The van der Waals surface area contributed by atoms with Gasteiger partial charge in [-0.3, -0.25) is 10.1 Å². The van der Waals surface area contributed by atoms with Gasteiger partial charge in [0, 0.05) is 12.1 Å². The molecule has 5 heteroatoms. The number of anilines is 1. The van der Waals surface area contributed by atoms with Crippen molar-refractivity contribution in [2.75, 3.05) is 11.9 Å². The average molecular weight is 254 g/mol. The number of carbonyl (C=O) groups excluding carboxylic acids is 1. The minimum Gasteiger partial charge on any atom is -0.325 e. The van der Waals surface area contributed by atoms with Crippen molar-refractivity contribution in [1.82, 2.24) is 5.32 Å². The van der Waals surface area contributed by atoms with Crippen molar-refractivity contribution in [3.05, 3.63) is 29.3 Å². The van der Waals surface area contributed by atoms with Crippen LogP contribution in [-0.2, 0) is 4.79 Å². The maximum atomic E-state index is 13.0. The Morgan fingerprint density at radius 1 is 1.33 bits per heavy atom. The van der Waals surface area contributed by atoms with Crippen LogP contribution in [0.4, 0.5) is 14.5 Å². The molecule has 1 heterocycles. The summed E-state index contributed by atoms with van der Waals surface area (Å²) in [5, 5.41) is 5.20. The van der Waals surface area contributed by atoms with Crippen LogP contribution in [0.25, 0.3) is 0 Å². The second-order valence-corrected chi connectivity index (χ2v) is 4.86. The van der Waals surface area contributed by atoms with E-state index < -0.39 is 30.8 Å². The highest BCUT2D eigenvalue weighted by Gasteiger charge is 2.42. The van der Waals surface area contributed by atoms with Crippen LogP contribution in [0.1, 0.15) is 17.5 Å². The Balaban J connectivity index is 2.03. The van der Waals surface area contributed by atoms with Crippen LogP contribution < -0.4 is 10.6 Å². The molecule has 1 aromatic carbocycles. The van der Waals surface area contributed by atoms with Gasteiger partial charge in [0.2, 0.25) is 5.91 Å². The zero-order valence-electron chi connectivity index (χ0n) is 10.4. The van der Waals surface area contributed by atoms with E-state index in [4.69, 9.17) is 0 Å². The zero-order valence-corrected chi connectivity index (χ0v) is 10.4. The van der Waals surface area contributed by atoms with Crippen molar-refractivity contribution in [3.63, 3.8) is 0 Å². The lowest BCUT2D eigenvalue weighted by Gasteiger charge is -2.12. The summed E-state index contributed by atoms with van der Waals surface area (Å²) < 4.78 is 26.0. The number of aryl methyl sites for hydroxylation is 2. The molecule has 2 rings (SSSR count). The van der Waals surface area contributed by atoms with Crippen LogP contribution in [0.5, 0.6) is 0 Å². The van der Waals surface area contributed by atoms with Gasteiger partial charge in [-0.15, -0.1) is 0 Å². The Labute approximate surface area is 105 Å². The van der Waals surface area contributed by atoms with E-state index in [9.17, 15) is 13.6 Å². The number of amides is 1. The van der Waals surface area contributed by atoms with Crippen molar-refractivity contribution in [2.45, 2.75) is 32.2 Å². The van der Waals surface area contributed by atoms with Crippen molar-refractivity contribution in [2.24, 2.45) is 0 Å². The molecule has 0 radical (unpaired) electrons. The molecule has 2 N–H and O–H groups in total. The highest BCUT2D eigenvalue weighted by molar-refractivity contribution is 5.95. The Bertz CT molecular complexity index is 454. The Morgan fingerprint density at radius 3 is 2.44 bits per heavy atom. The van der Waals surface area contributed by atoms with Gasteiger partial charge in [-0.2, -0.15) is 0 Å². The van der Waals surface area contributed by atoms with Crippen LogP contribution in [0.2, 0.25) is 0 Å². The second-order valence-electron chi connectivity index (χ2n) is 4.86. The van der Waals surface area contributed by atoms with Gasteiger partial charge in [0.25, 0.3) is 5.92 Å². The minimum atomic E-state index is -2.79. The molecule has 0 bridgehead atoms. The molecular weight excluding hydrogens is 238 g/mol. The average Bonchev–Trinajstić information content (AvgIpc) is 2.57. The van der Waals surface area contributed by atoms with E-state index in [1.54, 1.807) is 0 Å². The molecule has 1 atom stereocenters.